The number of halogens is 1. The Kier molecular flexibility index (Phi) is 7.57. The van der Waals surface area contributed by atoms with Crippen molar-refractivity contribution in [1.29, 1.82) is 0 Å². The van der Waals surface area contributed by atoms with E-state index in [0.717, 1.165) is 15.8 Å². The monoisotopic (exact) mass is 493 g/mol. The lowest BCUT2D eigenvalue weighted by molar-refractivity contribution is -0.121. The summed E-state index contributed by atoms with van der Waals surface area (Å²) >= 11 is 9.95. The van der Waals surface area contributed by atoms with E-state index >= 15 is 0 Å². The number of methoxy groups -OCH3 is 1. The third-order valence-corrected chi connectivity index (χ3v) is 6.00. The number of hydrogen-bond acceptors (Lipinski definition) is 6. The highest BCUT2D eigenvalue weighted by molar-refractivity contribution is 9.10. The molecule has 0 N–H and O–H groups in total. The van der Waals surface area contributed by atoms with Gasteiger partial charge in [-0.2, -0.15) is 0 Å². The molecule has 2 aromatic rings. The van der Waals surface area contributed by atoms with Crippen molar-refractivity contribution in [3.8, 4) is 17.2 Å². The third-order valence-electron chi connectivity index (χ3n) is 4.10. The highest BCUT2D eigenvalue weighted by Gasteiger charge is 2.30. The van der Waals surface area contributed by atoms with Crippen molar-refractivity contribution in [3.63, 3.8) is 0 Å². The predicted octanol–water partition coefficient (Wildman–Crippen LogP) is 5.14. The molecule has 0 aliphatic carbocycles. The fourth-order valence-corrected chi connectivity index (χ4v) is 4.31. The van der Waals surface area contributed by atoms with Gasteiger partial charge in [-0.15, -0.1) is 0 Å². The summed E-state index contributed by atoms with van der Waals surface area (Å²) in [6, 6.07) is 13.2. The van der Waals surface area contributed by atoms with Gasteiger partial charge in [0.25, 0.3) is 5.91 Å². The van der Waals surface area contributed by atoms with Gasteiger partial charge >= 0.3 is 0 Å². The summed E-state index contributed by atoms with van der Waals surface area (Å²) < 4.78 is 18.5. The van der Waals surface area contributed by atoms with Crippen molar-refractivity contribution in [2.45, 2.75) is 6.92 Å². The molecular weight excluding hydrogens is 474 g/mol. The lowest BCUT2D eigenvalue weighted by Gasteiger charge is -2.12. The molecule has 0 bridgehead atoms. The number of carbonyl (C=O) groups is 1. The summed E-state index contributed by atoms with van der Waals surface area (Å²) in [6.45, 7) is 3.26. The minimum absolute atomic E-state index is 0.0631. The maximum absolute atomic E-state index is 12.4. The van der Waals surface area contributed by atoms with Crippen molar-refractivity contribution in [1.82, 2.24) is 4.90 Å². The Labute approximate surface area is 188 Å². The van der Waals surface area contributed by atoms with Gasteiger partial charge in [-0.1, -0.05) is 46.0 Å². The van der Waals surface area contributed by atoms with E-state index in [2.05, 4.69) is 15.9 Å². The largest absolute Gasteiger partial charge is 0.493 e. The molecule has 29 heavy (non-hydrogen) atoms. The van der Waals surface area contributed by atoms with Crippen LogP contribution in [0.1, 0.15) is 12.5 Å². The molecule has 2 aromatic carbocycles. The zero-order valence-electron chi connectivity index (χ0n) is 16.0. The van der Waals surface area contributed by atoms with Crippen molar-refractivity contribution >= 4 is 56.2 Å². The molecule has 1 aliphatic rings. The first kappa shape index (κ1) is 21.7. The van der Waals surface area contributed by atoms with Crippen molar-refractivity contribution in [3.05, 3.63) is 57.4 Å². The summed E-state index contributed by atoms with van der Waals surface area (Å²) in [5, 5.41) is 0. The van der Waals surface area contributed by atoms with Gasteiger partial charge in [0.1, 0.15) is 23.3 Å². The first-order chi connectivity index (χ1) is 14.0. The lowest BCUT2D eigenvalue weighted by Crippen LogP contribution is -2.27. The average molecular weight is 494 g/mol. The third kappa shape index (κ3) is 5.52. The number of rotatable bonds is 8. The van der Waals surface area contributed by atoms with Crippen LogP contribution in [0.2, 0.25) is 0 Å². The molecule has 0 saturated carbocycles. The quantitative estimate of drug-likeness (QED) is 0.288. The first-order valence-electron chi connectivity index (χ1n) is 8.96. The summed E-state index contributed by atoms with van der Waals surface area (Å²) in [7, 11) is 1.58. The van der Waals surface area contributed by atoms with Gasteiger partial charge in [-0.05, 0) is 55.0 Å². The number of likely N-dealkylation sites (N-methyl/N-ethyl adjacent to an activating group) is 1. The molecule has 8 heteroatoms. The lowest BCUT2D eigenvalue weighted by atomic mass is 10.2. The van der Waals surface area contributed by atoms with Crippen molar-refractivity contribution in [2.24, 2.45) is 0 Å². The highest BCUT2D eigenvalue weighted by Crippen LogP contribution is 2.34. The Morgan fingerprint density at radius 1 is 1.10 bits per heavy atom. The van der Waals surface area contributed by atoms with Gasteiger partial charge in [0.2, 0.25) is 0 Å². The van der Waals surface area contributed by atoms with E-state index in [1.54, 1.807) is 12.0 Å². The molecule has 3 rings (SSSR count). The van der Waals surface area contributed by atoms with Gasteiger partial charge < -0.3 is 14.2 Å². The summed E-state index contributed by atoms with van der Waals surface area (Å²) in [6.07, 6.45) is 1.82. The van der Waals surface area contributed by atoms with Crippen LogP contribution in [0.3, 0.4) is 0 Å². The van der Waals surface area contributed by atoms with E-state index in [-0.39, 0.29) is 5.91 Å². The molecule has 5 nitrogen and oxygen atoms in total. The van der Waals surface area contributed by atoms with Crippen molar-refractivity contribution in [2.75, 3.05) is 26.9 Å². The fraction of sp³-hybridized carbons (Fsp3) is 0.238. The van der Waals surface area contributed by atoms with Crippen LogP contribution in [-0.2, 0) is 4.79 Å². The van der Waals surface area contributed by atoms with E-state index in [9.17, 15) is 4.79 Å². The zero-order chi connectivity index (χ0) is 20.8. The Balaban J connectivity index is 1.61. The maximum atomic E-state index is 12.4. The van der Waals surface area contributed by atoms with Crippen LogP contribution in [0.5, 0.6) is 17.2 Å². The Morgan fingerprint density at radius 3 is 2.48 bits per heavy atom. The maximum Gasteiger partial charge on any atom is 0.266 e. The van der Waals surface area contributed by atoms with Crippen LogP contribution >= 0.6 is 39.9 Å². The van der Waals surface area contributed by atoms with Crippen LogP contribution in [0.25, 0.3) is 6.08 Å². The predicted molar refractivity (Wildman–Crippen MR) is 124 cm³/mol. The molecule has 0 atom stereocenters. The second kappa shape index (κ2) is 10.1. The number of hydrogen-bond donors (Lipinski definition) is 0. The number of thioether (sulfide) groups is 1. The molecule has 0 radical (unpaired) electrons. The Hall–Kier alpha value is -2.03. The normalized spacial score (nSPS) is 15.1. The SMILES string of the molecule is CCN1C(=O)C(=Cc2ccc(OCCOc3ccc(Br)cc3)c(OC)c2)SC1=S. The zero-order valence-corrected chi connectivity index (χ0v) is 19.2. The molecule has 0 spiro atoms. The molecule has 1 heterocycles. The molecule has 0 aromatic heterocycles. The second-order valence-corrected chi connectivity index (χ2v) is 8.58. The van der Waals surface area contributed by atoms with Gasteiger partial charge in [0.15, 0.2) is 11.5 Å². The summed E-state index contributed by atoms with van der Waals surface area (Å²) in [5.41, 5.74) is 0.844. The topological polar surface area (TPSA) is 48.0 Å². The number of carbonyl (C=O) groups excluding carboxylic acids is 1. The van der Waals surface area contributed by atoms with Crippen LogP contribution in [0, 0.1) is 0 Å². The van der Waals surface area contributed by atoms with Crippen molar-refractivity contribution < 1.29 is 19.0 Å². The van der Waals surface area contributed by atoms with E-state index in [4.69, 9.17) is 26.4 Å². The minimum Gasteiger partial charge on any atom is -0.493 e. The van der Waals surface area contributed by atoms with E-state index < -0.39 is 0 Å². The molecule has 152 valence electrons. The van der Waals surface area contributed by atoms with Crippen LogP contribution in [-0.4, -0.2) is 42.0 Å². The van der Waals surface area contributed by atoms with Gasteiger partial charge in [-0.25, -0.2) is 0 Å². The smallest absolute Gasteiger partial charge is 0.266 e. The standard InChI is InChI=1S/C21H20BrNO4S2/c1-3-23-20(24)19(29-21(23)28)13-14-4-9-17(18(12-14)25-2)27-11-10-26-16-7-5-15(22)6-8-16/h4-9,12-13H,3,10-11H2,1-2H3. The van der Waals surface area contributed by atoms with E-state index in [1.165, 1.54) is 11.8 Å². The Bertz CT molecular complexity index is 931. The van der Waals surface area contributed by atoms with E-state index in [0.29, 0.717) is 40.5 Å². The molecule has 1 saturated heterocycles. The minimum atomic E-state index is -0.0631. The second-order valence-electron chi connectivity index (χ2n) is 5.99. The highest BCUT2D eigenvalue weighted by atomic mass is 79.9. The van der Waals surface area contributed by atoms with Gasteiger partial charge in [0, 0.05) is 11.0 Å². The molecule has 1 fully saturated rings. The molecule has 1 amide bonds. The van der Waals surface area contributed by atoms with Gasteiger partial charge in [0.05, 0.1) is 12.0 Å². The fourth-order valence-electron chi connectivity index (χ4n) is 2.66. The molecular formula is C21H20BrNO4S2. The summed E-state index contributed by atoms with van der Waals surface area (Å²) in [5.74, 6) is 1.92. The first-order valence-corrected chi connectivity index (χ1v) is 11.0. The number of amides is 1. The Morgan fingerprint density at radius 2 is 1.83 bits per heavy atom. The number of ether oxygens (including phenoxy) is 3. The van der Waals surface area contributed by atoms with Crippen LogP contribution in [0.4, 0.5) is 0 Å². The van der Waals surface area contributed by atoms with Crippen LogP contribution < -0.4 is 14.2 Å². The summed E-state index contributed by atoms with van der Waals surface area (Å²) in [4.78, 5) is 14.6. The molecule has 1 aliphatic heterocycles. The van der Waals surface area contributed by atoms with Gasteiger partial charge in [-0.3, -0.25) is 9.69 Å². The average Bonchev–Trinajstić information content (AvgIpc) is 2.99. The number of benzene rings is 2. The number of nitrogens with zero attached hydrogens (tertiary/aromatic N) is 1. The van der Waals surface area contributed by atoms with Crippen LogP contribution in [0.15, 0.2) is 51.8 Å². The molecule has 0 unspecified atom stereocenters. The van der Waals surface area contributed by atoms with E-state index in [1.807, 2.05) is 55.5 Å². The number of thiocarbonyl (C=S) groups is 1.